The summed E-state index contributed by atoms with van der Waals surface area (Å²) < 4.78 is 0. The highest BCUT2D eigenvalue weighted by Gasteiger charge is 2.32. The number of hydrogen-bond donors (Lipinski definition) is 0. The van der Waals surface area contributed by atoms with E-state index in [2.05, 4.69) is 413 Å². The molecule has 7 nitrogen and oxygen atoms in total. The minimum Gasteiger partial charge on any atom is -0.256 e. The molecule has 0 spiro atoms. The molecule has 0 bridgehead atoms. The van der Waals surface area contributed by atoms with Gasteiger partial charge in [-0.25, -0.2) is 29.9 Å². The molecule has 3 heterocycles. The quantitative estimate of drug-likeness (QED) is 0.133. The summed E-state index contributed by atoms with van der Waals surface area (Å²) in [5.74, 6) is 4.00. The fraction of sp³-hybridized carbons (Fsp3) is 0. The summed E-state index contributed by atoms with van der Waals surface area (Å²) in [7, 11) is 0. The van der Waals surface area contributed by atoms with E-state index in [-0.39, 0.29) is 0 Å². The van der Waals surface area contributed by atoms with Crippen molar-refractivity contribution in [3.05, 3.63) is 479 Å². The van der Waals surface area contributed by atoms with Crippen LogP contribution in [0.15, 0.2) is 479 Å². The van der Waals surface area contributed by atoms with Crippen molar-refractivity contribution in [3.8, 4) is 168 Å². The molecule has 7 heteroatoms. The lowest BCUT2D eigenvalue weighted by molar-refractivity contribution is 1.08. The van der Waals surface area contributed by atoms with Gasteiger partial charge < -0.3 is 0 Å². The Balaban J connectivity index is 0.000000102. The van der Waals surface area contributed by atoms with Crippen LogP contribution < -0.4 is 0 Å². The Labute approximate surface area is 817 Å². The van der Waals surface area contributed by atoms with Gasteiger partial charge in [0.1, 0.15) is 0 Å². The fourth-order valence-corrected chi connectivity index (χ4v) is 22.9. The van der Waals surface area contributed by atoms with Crippen LogP contribution in [-0.4, -0.2) is 34.9 Å². The number of nitrogens with zero attached hydrogens (tertiary/aromatic N) is 7. The average Bonchev–Trinajstić information content (AvgIpc) is 1.55. The Morgan fingerprint density at radius 2 is 0.430 bits per heavy atom. The van der Waals surface area contributed by atoms with E-state index in [1.807, 2.05) is 66.9 Å². The zero-order valence-corrected chi connectivity index (χ0v) is 76.7. The van der Waals surface area contributed by atoms with E-state index < -0.39 is 0 Å². The molecule has 0 fully saturated rings. The summed E-state index contributed by atoms with van der Waals surface area (Å²) >= 11 is 0. The van der Waals surface area contributed by atoms with Crippen LogP contribution in [0.3, 0.4) is 0 Å². The smallest absolute Gasteiger partial charge is 0.164 e. The minimum absolute atomic E-state index is 0.658. The number of rotatable bonds is 9. The summed E-state index contributed by atoms with van der Waals surface area (Å²) in [4.78, 5) is 35.7. The van der Waals surface area contributed by atoms with Crippen molar-refractivity contribution in [2.75, 3.05) is 0 Å². The van der Waals surface area contributed by atoms with E-state index in [0.29, 0.717) is 34.9 Å². The van der Waals surface area contributed by atoms with Gasteiger partial charge in [0, 0.05) is 55.9 Å². The van der Waals surface area contributed by atoms with Crippen molar-refractivity contribution in [2.45, 2.75) is 0 Å². The molecule has 0 radical (unpaired) electrons. The monoisotopic (exact) mass is 1800 g/mol. The normalized spacial score (nSPS) is 11.9. The van der Waals surface area contributed by atoms with Crippen LogP contribution in [0.1, 0.15) is 0 Å². The van der Waals surface area contributed by atoms with Crippen LogP contribution in [0.4, 0.5) is 0 Å². The van der Waals surface area contributed by atoms with Gasteiger partial charge >= 0.3 is 0 Å². The van der Waals surface area contributed by atoms with Crippen molar-refractivity contribution >= 4 is 140 Å². The predicted octanol–water partition coefficient (Wildman–Crippen LogP) is 35.8. The highest BCUT2D eigenvalue weighted by Crippen LogP contribution is 2.58. The number of fused-ring (bicyclic) bond motifs is 24. The Bertz CT molecular complexity index is 10100. The predicted molar refractivity (Wildman–Crippen MR) is 594 cm³/mol. The molecule has 0 atom stereocenters. The Hall–Kier alpha value is -19.0. The van der Waals surface area contributed by atoms with Crippen molar-refractivity contribution < 1.29 is 0 Å². The molecule has 3 aliphatic rings. The largest absolute Gasteiger partial charge is 0.256 e. The fourth-order valence-electron chi connectivity index (χ4n) is 22.9. The summed E-state index contributed by atoms with van der Waals surface area (Å²) in [6.07, 6.45) is 2.01. The second kappa shape index (κ2) is 32.4. The number of pyridine rings is 1. The lowest BCUT2D eigenvalue weighted by atomic mass is 9.89. The van der Waals surface area contributed by atoms with Gasteiger partial charge in [-0.15, -0.1) is 0 Å². The maximum atomic E-state index is 5.28. The molecule has 0 N–H and O–H groups in total. The van der Waals surface area contributed by atoms with E-state index in [4.69, 9.17) is 34.9 Å². The third kappa shape index (κ3) is 13.2. The van der Waals surface area contributed by atoms with E-state index in [1.54, 1.807) is 0 Å². The number of aromatic nitrogens is 7. The lowest BCUT2D eigenvalue weighted by Gasteiger charge is -2.14. The first-order valence-electron chi connectivity index (χ1n) is 48.5. The maximum Gasteiger partial charge on any atom is 0.164 e. The number of hydrogen-bond acceptors (Lipinski definition) is 7. The van der Waals surface area contributed by atoms with Crippen LogP contribution >= 0.6 is 0 Å². The first kappa shape index (κ1) is 80.3. The molecule has 0 unspecified atom stereocenters. The van der Waals surface area contributed by atoms with Crippen LogP contribution in [0, 0.1) is 0 Å². The topological polar surface area (TPSA) is 90.2 Å². The first-order chi connectivity index (χ1) is 70.3. The molecule has 0 saturated carbocycles. The third-order valence-corrected chi connectivity index (χ3v) is 29.6. The van der Waals surface area contributed by atoms with Gasteiger partial charge in [0.25, 0.3) is 0 Å². The lowest BCUT2D eigenvalue weighted by Crippen LogP contribution is -2.01. The molecule has 3 aliphatic carbocycles. The van der Waals surface area contributed by atoms with Crippen molar-refractivity contribution in [1.82, 2.24) is 34.9 Å². The van der Waals surface area contributed by atoms with Crippen molar-refractivity contribution in [2.24, 2.45) is 0 Å². The Morgan fingerprint density at radius 3 is 0.937 bits per heavy atom. The second-order valence-corrected chi connectivity index (χ2v) is 37.6. The van der Waals surface area contributed by atoms with E-state index in [9.17, 15) is 0 Å². The van der Waals surface area contributed by atoms with E-state index in [1.165, 1.54) is 202 Å². The highest BCUT2D eigenvalue weighted by molar-refractivity contribution is 6.33. The molecule has 0 amide bonds. The summed E-state index contributed by atoms with van der Waals surface area (Å²) in [6, 6.07) is 170. The van der Waals surface area contributed by atoms with Gasteiger partial charge in [-0.1, -0.05) is 382 Å². The molecule has 654 valence electrons. The Morgan fingerprint density at radius 1 is 0.120 bits per heavy atom. The highest BCUT2D eigenvalue weighted by atomic mass is 15.0. The zero-order valence-electron chi connectivity index (χ0n) is 76.7. The van der Waals surface area contributed by atoms with E-state index in [0.717, 1.165) is 71.6 Å². The van der Waals surface area contributed by atoms with Crippen LogP contribution in [-0.2, 0) is 0 Å². The molecular weight excluding hydrogens is 1720 g/mol. The van der Waals surface area contributed by atoms with Gasteiger partial charge in [-0.2, -0.15) is 0 Å². The minimum atomic E-state index is 0.658. The van der Waals surface area contributed by atoms with Gasteiger partial charge in [-0.3, -0.25) is 4.98 Å². The van der Waals surface area contributed by atoms with Crippen LogP contribution in [0.5, 0.6) is 0 Å². The standard InChI is InChI=1S/C49H29N.C47H27N3.C39H23N3/c1-2-9-31-22-36(17-16-30(31)8-1)32-13-7-14-33(23-32)40-25-39-24-38(18-21-47(39)50-29-40)42-19-20-43-44-26-34-10-3-4-11-35(34)27-45(44)46-28-37-12-5-6-15-41(37)48(42)49(43)46;1-3-11-30-23-35(19-17-28(30)9-1)45-48-46(36-20-18-29-10-2-4-12-31(29)24-36)50-47(49-45)39-22-21-38-40-25-32-13-5-6-14-33(32)26-41(40)42-27-34-15-7-8-16-37(34)43(39)44(38)42;1-3-12-24(13-4-1)37-40-38(25-14-5-2-6-15-25)42-39(41-37)31-22-23-33-34-30(31)20-11-21-32(34)35-28-18-9-7-16-26(28)27-17-8-10-19-29(27)36(33)35/h1-29H;1-27H;1-23H. The van der Waals surface area contributed by atoms with Crippen LogP contribution in [0.25, 0.3) is 309 Å². The van der Waals surface area contributed by atoms with Gasteiger partial charge in [0.05, 0.1) is 5.52 Å². The van der Waals surface area contributed by atoms with Gasteiger partial charge in [-0.05, 0) is 309 Å². The Kier molecular flexibility index (Phi) is 18.3. The molecule has 142 heavy (non-hydrogen) atoms. The zero-order chi connectivity index (χ0) is 93.1. The van der Waals surface area contributed by atoms with Gasteiger partial charge in [0.15, 0.2) is 34.9 Å². The summed E-state index contributed by atoms with van der Waals surface area (Å²) in [5.41, 5.74) is 29.5. The molecule has 3 aromatic heterocycles. The average molecular weight is 1800 g/mol. The van der Waals surface area contributed by atoms with E-state index >= 15 is 0 Å². The third-order valence-electron chi connectivity index (χ3n) is 29.6. The molecule has 28 aromatic rings. The molecule has 0 aliphatic heterocycles. The first-order valence-corrected chi connectivity index (χ1v) is 48.5. The SMILES string of the molecule is c1cc(-c2ccc3ccccc3c2)cc(-c2cnc3ccc(-c4ccc5c6c(cc7ccccc7c46)-c4cc6ccccc6cc4-5)cc3c2)c1.c1ccc(-c2nc(-c3ccccc3)nc(-c3ccc4c5c(cccc35)-c3c-4c4ccccc4c4ccccc34)n2)cc1.c1ccc2cc(-c3nc(-c4ccc5ccccc5c4)nc(-c4ccc5c6c(cc7ccccc7c46)-c4cc6ccccc6cc4-5)n3)ccc2c1. The summed E-state index contributed by atoms with van der Waals surface area (Å²) in [6.45, 7) is 0. The number of benzene rings is 25. The summed E-state index contributed by atoms with van der Waals surface area (Å²) in [5, 5.41) is 31.0. The van der Waals surface area contributed by atoms with Gasteiger partial charge in [0.2, 0.25) is 0 Å². The molecule has 31 rings (SSSR count). The van der Waals surface area contributed by atoms with Crippen molar-refractivity contribution in [3.63, 3.8) is 0 Å². The molecular formula is C135H79N7. The second-order valence-electron chi connectivity index (χ2n) is 37.6. The maximum absolute atomic E-state index is 5.28. The molecule has 25 aromatic carbocycles. The van der Waals surface area contributed by atoms with Crippen molar-refractivity contribution in [1.29, 1.82) is 0 Å². The molecule has 0 saturated heterocycles. The van der Waals surface area contributed by atoms with Crippen LogP contribution in [0.2, 0.25) is 0 Å².